The fourth-order valence-electron chi connectivity index (χ4n) is 1.26. The molecule has 0 aliphatic heterocycles. The summed E-state index contributed by atoms with van der Waals surface area (Å²) < 4.78 is 8.35. The van der Waals surface area contributed by atoms with Crippen molar-refractivity contribution in [3.05, 3.63) is 35.9 Å². The van der Waals surface area contributed by atoms with Gasteiger partial charge in [0.2, 0.25) is 3.79 Å². The molecule has 1 aromatic carbocycles. The van der Waals surface area contributed by atoms with Gasteiger partial charge in [0.1, 0.15) is 6.61 Å². The summed E-state index contributed by atoms with van der Waals surface area (Å²) in [6, 6.07) is 9.24. The Labute approximate surface area is 126 Å². The third kappa shape index (κ3) is 6.34. The number of amides is 1. The van der Waals surface area contributed by atoms with Crippen LogP contribution >= 0.6 is 34.8 Å². The van der Waals surface area contributed by atoms with Crippen molar-refractivity contribution in [2.45, 2.75) is 23.6 Å². The van der Waals surface area contributed by atoms with Gasteiger partial charge in [-0.3, -0.25) is 5.32 Å². The lowest BCUT2D eigenvalue weighted by atomic mass is 10.2. The van der Waals surface area contributed by atoms with Crippen molar-refractivity contribution in [1.29, 1.82) is 0 Å². The van der Waals surface area contributed by atoms with Gasteiger partial charge in [0, 0.05) is 6.61 Å². The first-order valence-electron chi connectivity index (χ1n) is 5.59. The maximum Gasteiger partial charge on any atom is 0.409 e. The van der Waals surface area contributed by atoms with Gasteiger partial charge in [-0.05, 0) is 12.5 Å². The highest BCUT2D eigenvalue weighted by Crippen LogP contribution is 2.30. The Balaban J connectivity index is 2.45. The quantitative estimate of drug-likeness (QED) is 0.664. The predicted molar refractivity (Wildman–Crippen MR) is 75.5 cm³/mol. The van der Waals surface area contributed by atoms with E-state index in [4.69, 9.17) is 44.3 Å². The Morgan fingerprint density at radius 3 is 2.47 bits per heavy atom. The first-order chi connectivity index (χ1) is 8.93. The lowest BCUT2D eigenvalue weighted by Crippen LogP contribution is -2.45. The minimum absolute atomic E-state index is 0.130. The second-order valence-corrected chi connectivity index (χ2v) is 5.95. The van der Waals surface area contributed by atoms with E-state index in [1.807, 2.05) is 30.3 Å². The summed E-state index contributed by atoms with van der Waals surface area (Å²) in [7, 11) is 0. The van der Waals surface area contributed by atoms with E-state index in [1.54, 1.807) is 6.92 Å². The molecule has 1 rings (SSSR count). The number of alkyl carbamates (subject to hydrolysis) is 1. The smallest absolute Gasteiger partial charge is 0.409 e. The van der Waals surface area contributed by atoms with Gasteiger partial charge in [0.05, 0.1) is 0 Å². The second-order valence-electron chi connectivity index (χ2n) is 3.58. The van der Waals surface area contributed by atoms with Crippen molar-refractivity contribution in [1.82, 2.24) is 5.32 Å². The van der Waals surface area contributed by atoms with Crippen molar-refractivity contribution in [2.75, 3.05) is 6.61 Å². The van der Waals surface area contributed by atoms with E-state index in [1.165, 1.54) is 0 Å². The van der Waals surface area contributed by atoms with E-state index < -0.39 is 16.1 Å². The molecule has 1 amide bonds. The molecule has 19 heavy (non-hydrogen) atoms. The molecule has 4 nitrogen and oxygen atoms in total. The molecule has 0 aromatic heterocycles. The molecule has 0 saturated heterocycles. The van der Waals surface area contributed by atoms with Gasteiger partial charge in [-0.1, -0.05) is 65.1 Å². The average Bonchev–Trinajstić information content (AvgIpc) is 2.36. The number of halogens is 3. The first-order valence-corrected chi connectivity index (χ1v) is 6.72. The fraction of sp³-hybridized carbons (Fsp3) is 0.417. The molecule has 0 fully saturated rings. The molecule has 1 atom stereocenters. The van der Waals surface area contributed by atoms with Gasteiger partial charge in [0.25, 0.3) is 0 Å². The number of carbonyl (C=O) groups excluding carboxylic acids is 1. The molecule has 0 aliphatic carbocycles. The fourth-order valence-corrected chi connectivity index (χ4v) is 1.61. The maximum atomic E-state index is 11.6. The van der Waals surface area contributed by atoms with Crippen molar-refractivity contribution in [3.8, 4) is 0 Å². The minimum atomic E-state index is -1.76. The Bertz CT molecular complexity index is 395. The monoisotopic (exact) mass is 325 g/mol. The zero-order valence-electron chi connectivity index (χ0n) is 10.2. The molecular weight excluding hydrogens is 312 g/mol. The van der Waals surface area contributed by atoms with E-state index >= 15 is 0 Å². The van der Waals surface area contributed by atoms with Crippen LogP contribution in [0.4, 0.5) is 4.79 Å². The lowest BCUT2D eigenvalue weighted by Gasteiger charge is -2.24. The van der Waals surface area contributed by atoms with E-state index in [-0.39, 0.29) is 13.2 Å². The highest BCUT2D eigenvalue weighted by molar-refractivity contribution is 6.68. The third-order valence-electron chi connectivity index (χ3n) is 2.09. The molecular formula is C12H14Cl3NO3. The first kappa shape index (κ1) is 16.4. The van der Waals surface area contributed by atoms with Crippen LogP contribution in [0.2, 0.25) is 0 Å². The van der Waals surface area contributed by atoms with Crippen molar-refractivity contribution >= 4 is 40.9 Å². The van der Waals surface area contributed by atoms with E-state index in [0.29, 0.717) is 0 Å². The van der Waals surface area contributed by atoms with Crippen LogP contribution < -0.4 is 5.32 Å². The molecule has 0 saturated carbocycles. The molecule has 1 N–H and O–H groups in total. The summed E-state index contributed by atoms with van der Waals surface area (Å²) in [5, 5.41) is 2.35. The van der Waals surface area contributed by atoms with Crippen LogP contribution in [0.1, 0.15) is 12.5 Å². The van der Waals surface area contributed by atoms with E-state index in [2.05, 4.69) is 5.32 Å². The number of rotatable bonds is 5. The molecule has 0 radical (unpaired) electrons. The predicted octanol–water partition coefficient (Wildman–Crippen LogP) is 3.65. The lowest BCUT2D eigenvalue weighted by molar-refractivity contribution is 0.0346. The van der Waals surface area contributed by atoms with Crippen molar-refractivity contribution in [2.24, 2.45) is 0 Å². The van der Waals surface area contributed by atoms with Crippen molar-refractivity contribution in [3.63, 3.8) is 0 Å². The third-order valence-corrected chi connectivity index (χ3v) is 2.69. The summed E-state index contributed by atoms with van der Waals surface area (Å²) in [5.74, 6) is 0. The van der Waals surface area contributed by atoms with Gasteiger partial charge in [-0.15, -0.1) is 0 Å². The number of nitrogens with one attached hydrogen (secondary N) is 1. The number of hydrogen-bond donors (Lipinski definition) is 1. The molecule has 7 heteroatoms. The highest BCUT2D eigenvalue weighted by Gasteiger charge is 2.35. The van der Waals surface area contributed by atoms with Crippen LogP contribution in [0.25, 0.3) is 0 Å². The largest absolute Gasteiger partial charge is 0.445 e. The van der Waals surface area contributed by atoms with E-state index in [0.717, 1.165) is 5.56 Å². The van der Waals surface area contributed by atoms with Gasteiger partial charge < -0.3 is 9.47 Å². The summed E-state index contributed by atoms with van der Waals surface area (Å²) in [4.78, 5) is 11.6. The Hall–Kier alpha value is -0.680. The van der Waals surface area contributed by atoms with Crippen LogP contribution in [0, 0.1) is 0 Å². The van der Waals surface area contributed by atoms with Crippen LogP contribution in [-0.4, -0.2) is 22.7 Å². The van der Waals surface area contributed by atoms with Crippen LogP contribution in [0.3, 0.4) is 0 Å². The number of carbonyl (C=O) groups is 1. The Morgan fingerprint density at radius 2 is 1.95 bits per heavy atom. The summed E-state index contributed by atoms with van der Waals surface area (Å²) >= 11 is 17.0. The normalized spacial score (nSPS) is 12.8. The summed E-state index contributed by atoms with van der Waals surface area (Å²) in [6.07, 6.45) is -1.78. The van der Waals surface area contributed by atoms with Crippen LogP contribution in [0.5, 0.6) is 0 Å². The SMILES string of the molecule is CCOC(NC(=O)OCc1ccccc1)C(Cl)(Cl)Cl. The number of alkyl halides is 3. The zero-order valence-corrected chi connectivity index (χ0v) is 12.5. The van der Waals surface area contributed by atoms with Crippen LogP contribution in [-0.2, 0) is 16.1 Å². The molecule has 1 aromatic rings. The number of hydrogen-bond acceptors (Lipinski definition) is 3. The molecule has 1 unspecified atom stereocenters. The molecule has 106 valence electrons. The van der Waals surface area contributed by atoms with Crippen LogP contribution in [0.15, 0.2) is 30.3 Å². The van der Waals surface area contributed by atoms with Gasteiger partial charge in [-0.25, -0.2) is 4.79 Å². The van der Waals surface area contributed by atoms with Gasteiger partial charge in [-0.2, -0.15) is 0 Å². The molecule has 0 bridgehead atoms. The second kappa shape index (κ2) is 7.80. The Kier molecular flexibility index (Phi) is 6.72. The number of benzene rings is 1. The summed E-state index contributed by atoms with van der Waals surface area (Å²) in [6.45, 7) is 2.14. The summed E-state index contributed by atoms with van der Waals surface area (Å²) in [5.41, 5.74) is 0.861. The van der Waals surface area contributed by atoms with Crippen molar-refractivity contribution < 1.29 is 14.3 Å². The number of ether oxygens (including phenoxy) is 2. The molecule has 0 heterocycles. The standard InChI is InChI=1S/C12H14Cl3NO3/c1-2-18-10(12(13,14)15)16-11(17)19-8-9-6-4-3-5-7-9/h3-7,10H,2,8H2,1H3,(H,16,17). The minimum Gasteiger partial charge on any atom is -0.445 e. The average molecular weight is 327 g/mol. The highest BCUT2D eigenvalue weighted by atomic mass is 35.6. The molecule has 0 aliphatic rings. The Morgan fingerprint density at radius 1 is 1.32 bits per heavy atom. The maximum absolute atomic E-state index is 11.6. The molecule has 0 spiro atoms. The topological polar surface area (TPSA) is 47.6 Å². The van der Waals surface area contributed by atoms with Gasteiger partial charge >= 0.3 is 6.09 Å². The zero-order chi connectivity index (χ0) is 14.3. The van der Waals surface area contributed by atoms with E-state index in [9.17, 15) is 4.79 Å². The van der Waals surface area contributed by atoms with Gasteiger partial charge in [0.15, 0.2) is 6.23 Å².